The topological polar surface area (TPSA) is 54.4 Å². The molecule has 16 heavy (non-hydrogen) atoms. The Bertz CT molecular complexity index is 543. The van der Waals surface area contributed by atoms with Crippen molar-refractivity contribution in [3.8, 4) is 23.7 Å². The molecule has 0 aliphatic heterocycles. The molecule has 2 aliphatic rings. The third kappa shape index (κ3) is 1.82. The van der Waals surface area contributed by atoms with Gasteiger partial charge >= 0.3 is 0 Å². The summed E-state index contributed by atoms with van der Waals surface area (Å²) in [6.07, 6.45) is 4.14. The van der Waals surface area contributed by atoms with Crippen molar-refractivity contribution in [3.05, 3.63) is 23.8 Å². The smallest absolute Gasteiger partial charge is 0.204 e. The van der Waals surface area contributed by atoms with Crippen molar-refractivity contribution >= 4 is 11.6 Å². The first-order valence-electron chi connectivity index (χ1n) is 4.78. The van der Waals surface area contributed by atoms with Crippen molar-refractivity contribution in [2.75, 3.05) is 0 Å². The third-order valence-electron chi connectivity index (χ3n) is 2.34. The summed E-state index contributed by atoms with van der Waals surface area (Å²) in [5, 5.41) is 10.00. The quantitative estimate of drug-likeness (QED) is 0.582. The highest BCUT2D eigenvalue weighted by Gasteiger charge is 2.41. The highest BCUT2D eigenvalue weighted by Crippen LogP contribution is 2.24. The Morgan fingerprint density at radius 1 is 1.25 bits per heavy atom. The predicted octanol–water partition coefficient (Wildman–Crippen LogP) is 0.152. The number of hydrogen-bond acceptors (Lipinski definition) is 3. The van der Waals surface area contributed by atoms with Crippen LogP contribution in [0.4, 0.5) is 0 Å². The van der Waals surface area contributed by atoms with Gasteiger partial charge in [0, 0.05) is 12.0 Å². The van der Waals surface area contributed by atoms with Crippen LogP contribution in [0.15, 0.2) is 23.8 Å². The lowest BCUT2D eigenvalue weighted by Gasteiger charge is -2.24. The molecule has 0 heterocycles. The first kappa shape index (κ1) is 10.4. The summed E-state index contributed by atoms with van der Waals surface area (Å²) in [5.41, 5.74) is -1.64. The van der Waals surface area contributed by atoms with E-state index >= 15 is 0 Å². The lowest BCUT2D eigenvalue weighted by molar-refractivity contribution is -0.134. The molecule has 2 rings (SSSR count). The lowest BCUT2D eigenvalue weighted by Crippen LogP contribution is -2.43. The Kier molecular flexibility index (Phi) is 2.48. The summed E-state index contributed by atoms with van der Waals surface area (Å²) in [6.45, 7) is 0. The summed E-state index contributed by atoms with van der Waals surface area (Å²) >= 11 is 0. The number of ketones is 2. The van der Waals surface area contributed by atoms with Crippen molar-refractivity contribution in [2.24, 2.45) is 0 Å². The average Bonchev–Trinajstić information content (AvgIpc) is 2.22. The molecule has 0 aromatic carbocycles. The van der Waals surface area contributed by atoms with Crippen LogP contribution in [0.2, 0.25) is 0 Å². The number of aliphatic hydroxyl groups is 1. The van der Waals surface area contributed by atoms with Gasteiger partial charge in [0.05, 0.1) is 6.42 Å². The van der Waals surface area contributed by atoms with Crippen LogP contribution in [0.25, 0.3) is 0 Å². The first-order chi connectivity index (χ1) is 7.62. The number of carbonyl (C=O) groups is 2. The molecule has 1 unspecified atom stereocenters. The Morgan fingerprint density at radius 3 is 2.81 bits per heavy atom. The van der Waals surface area contributed by atoms with E-state index in [0.717, 1.165) is 0 Å². The molecule has 1 atom stereocenters. The highest BCUT2D eigenvalue weighted by molar-refractivity contribution is 6.14. The van der Waals surface area contributed by atoms with Gasteiger partial charge in [0.1, 0.15) is 0 Å². The van der Waals surface area contributed by atoms with Crippen molar-refractivity contribution in [1.82, 2.24) is 0 Å². The van der Waals surface area contributed by atoms with Crippen molar-refractivity contribution < 1.29 is 14.7 Å². The van der Waals surface area contributed by atoms with E-state index in [1.165, 1.54) is 12.2 Å². The summed E-state index contributed by atoms with van der Waals surface area (Å²) < 4.78 is 0. The molecule has 0 amide bonds. The fourth-order valence-corrected chi connectivity index (χ4v) is 1.59. The van der Waals surface area contributed by atoms with Crippen LogP contribution in [0.5, 0.6) is 0 Å². The minimum absolute atomic E-state index is 0.166. The zero-order chi connectivity index (χ0) is 11.6. The molecule has 1 N–H and O–H groups in total. The number of fused-ring (bicyclic) bond motifs is 2. The largest absolute Gasteiger partial charge is 0.370 e. The molecule has 3 nitrogen and oxygen atoms in total. The van der Waals surface area contributed by atoms with E-state index in [-0.39, 0.29) is 24.2 Å². The number of carbonyl (C=O) groups excluding carboxylic acids is 2. The highest BCUT2D eigenvalue weighted by atomic mass is 16.3. The molecule has 3 heteroatoms. The monoisotopic (exact) mass is 212 g/mol. The minimum atomic E-state index is -1.87. The number of hydrogen-bond donors (Lipinski definition) is 1. The molecule has 0 radical (unpaired) electrons. The fourth-order valence-electron chi connectivity index (χ4n) is 1.59. The van der Waals surface area contributed by atoms with Crippen molar-refractivity contribution in [3.63, 3.8) is 0 Å². The summed E-state index contributed by atoms with van der Waals surface area (Å²) in [7, 11) is 0. The summed E-state index contributed by atoms with van der Waals surface area (Å²) in [5.74, 6) is 9.54. The van der Waals surface area contributed by atoms with Gasteiger partial charge in [0.25, 0.3) is 0 Å². The maximum Gasteiger partial charge on any atom is 0.204 e. The van der Waals surface area contributed by atoms with Gasteiger partial charge in [0.15, 0.2) is 11.4 Å². The van der Waals surface area contributed by atoms with Gasteiger partial charge < -0.3 is 5.11 Å². The zero-order valence-corrected chi connectivity index (χ0v) is 8.41. The van der Waals surface area contributed by atoms with Crippen molar-refractivity contribution in [1.29, 1.82) is 0 Å². The summed E-state index contributed by atoms with van der Waals surface area (Å²) in [6, 6.07) is 0. The van der Waals surface area contributed by atoms with E-state index in [9.17, 15) is 14.7 Å². The van der Waals surface area contributed by atoms with Gasteiger partial charge in [0.2, 0.25) is 5.78 Å². The van der Waals surface area contributed by atoms with E-state index < -0.39 is 11.4 Å². The molecule has 0 spiro atoms. The van der Waals surface area contributed by atoms with E-state index in [1.54, 1.807) is 6.08 Å². The Labute approximate surface area is 92.8 Å². The molecular weight excluding hydrogens is 204 g/mol. The van der Waals surface area contributed by atoms with Crippen LogP contribution in [-0.4, -0.2) is 22.3 Å². The average molecular weight is 212 g/mol. The molecule has 0 saturated carbocycles. The van der Waals surface area contributed by atoms with Crippen LogP contribution in [-0.2, 0) is 9.59 Å². The van der Waals surface area contributed by atoms with E-state index in [0.29, 0.717) is 0 Å². The molecule has 78 valence electrons. The molecule has 0 aromatic heterocycles. The maximum atomic E-state index is 11.8. The number of Topliss-reactive ketones (excluding diaryl/α,β-unsaturated/α-hetero) is 1. The van der Waals surface area contributed by atoms with Crippen LogP contribution in [0.3, 0.4) is 0 Å². The molecular formula is C13H8O3. The minimum Gasteiger partial charge on any atom is -0.370 e. The third-order valence-corrected chi connectivity index (χ3v) is 2.34. The van der Waals surface area contributed by atoms with Gasteiger partial charge in [-0.25, -0.2) is 0 Å². The maximum absolute atomic E-state index is 11.8. The number of allylic oxidation sites excluding steroid dienone is 3. The van der Waals surface area contributed by atoms with Gasteiger partial charge in [-0.1, -0.05) is 23.7 Å². The van der Waals surface area contributed by atoms with E-state index in [1.807, 2.05) is 0 Å². The van der Waals surface area contributed by atoms with Crippen LogP contribution >= 0.6 is 0 Å². The second-order valence-electron chi connectivity index (χ2n) is 3.60. The Hall–Kier alpha value is -2.10. The van der Waals surface area contributed by atoms with Gasteiger partial charge in [-0.3, -0.25) is 9.59 Å². The molecule has 0 aromatic rings. The van der Waals surface area contributed by atoms with Crippen LogP contribution in [0.1, 0.15) is 12.8 Å². The van der Waals surface area contributed by atoms with Crippen LogP contribution < -0.4 is 0 Å². The second kappa shape index (κ2) is 3.81. The van der Waals surface area contributed by atoms with Gasteiger partial charge in [-0.05, 0) is 18.2 Å². The molecule has 2 bridgehead atoms. The molecule has 0 fully saturated rings. The SMILES string of the molecule is O=C1C=C2CC#CC=CC#CC(O)(C1)C2=O. The fraction of sp³-hybridized carbons (Fsp3) is 0.231. The first-order valence-corrected chi connectivity index (χ1v) is 4.78. The summed E-state index contributed by atoms with van der Waals surface area (Å²) in [4.78, 5) is 23.2. The van der Waals surface area contributed by atoms with E-state index in [2.05, 4.69) is 23.7 Å². The Balaban J connectivity index is 2.55. The lowest BCUT2D eigenvalue weighted by atomic mass is 9.82. The standard InChI is InChI=1S/C13H8O3/c14-11-8-10-6-4-2-1-3-5-7-13(16,9-11)12(10)15/h1,3,8,16H,6,9H2. The predicted molar refractivity (Wildman–Crippen MR) is 57.0 cm³/mol. The Morgan fingerprint density at radius 2 is 2.00 bits per heavy atom. The molecule has 2 aliphatic carbocycles. The van der Waals surface area contributed by atoms with Crippen LogP contribution in [0, 0.1) is 23.7 Å². The van der Waals surface area contributed by atoms with Crippen molar-refractivity contribution in [2.45, 2.75) is 18.4 Å². The van der Waals surface area contributed by atoms with Gasteiger partial charge in [-0.15, -0.1) is 0 Å². The van der Waals surface area contributed by atoms with E-state index in [4.69, 9.17) is 0 Å². The zero-order valence-electron chi connectivity index (χ0n) is 8.41. The number of rotatable bonds is 0. The van der Waals surface area contributed by atoms with Gasteiger partial charge in [-0.2, -0.15) is 0 Å². The molecule has 0 saturated heterocycles. The normalized spacial score (nSPS) is 27.2. The second-order valence-corrected chi connectivity index (χ2v) is 3.60.